The van der Waals surface area contributed by atoms with Crippen molar-refractivity contribution in [3.63, 3.8) is 0 Å². The Bertz CT molecular complexity index is 851. The summed E-state index contributed by atoms with van der Waals surface area (Å²) in [5.41, 5.74) is 1.61. The van der Waals surface area contributed by atoms with Gasteiger partial charge in [0.2, 0.25) is 0 Å². The molecule has 0 aliphatic heterocycles. The van der Waals surface area contributed by atoms with Crippen LogP contribution in [-0.4, -0.2) is 21.0 Å². The number of hydrogen-bond acceptors (Lipinski definition) is 5. The zero-order chi connectivity index (χ0) is 16.9. The number of hydrogen-bond donors (Lipinski definition) is 3. The molecule has 2 aromatic carbocycles. The maximum absolute atomic E-state index is 12.9. The topological polar surface area (TPSA) is 87.1 Å². The Kier molecular flexibility index (Phi) is 4.33. The van der Waals surface area contributed by atoms with E-state index in [4.69, 9.17) is 5.11 Å². The normalized spacial score (nSPS) is 10.2. The van der Waals surface area contributed by atoms with Crippen molar-refractivity contribution in [3.05, 3.63) is 72.3 Å². The summed E-state index contributed by atoms with van der Waals surface area (Å²) in [6.45, 7) is 0. The maximum Gasteiger partial charge on any atom is 0.335 e. The van der Waals surface area contributed by atoms with Crippen LogP contribution in [0.5, 0.6) is 0 Å². The van der Waals surface area contributed by atoms with Gasteiger partial charge in [-0.3, -0.25) is 0 Å². The van der Waals surface area contributed by atoms with Crippen molar-refractivity contribution in [1.29, 1.82) is 0 Å². The average molecular weight is 324 g/mol. The second-order valence-corrected chi connectivity index (χ2v) is 4.93. The molecule has 0 saturated heterocycles. The predicted octanol–water partition coefficient (Wildman–Crippen LogP) is 3.80. The van der Waals surface area contributed by atoms with Gasteiger partial charge in [-0.1, -0.05) is 0 Å². The number of anilines is 4. The van der Waals surface area contributed by atoms with Crippen LogP contribution in [0.15, 0.2) is 60.9 Å². The summed E-state index contributed by atoms with van der Waals surface area (Å²) in [6, 6.07) is 13.9. The molecule has 0 radical (unpaired) electrons. The molecule has 6 nitrogen and oxygen atoms in total. The molecule has 3 N–H and O–H groups in total. The van der Waals surface area contributed by atoms with Gasteiger partial charge in [0.05, 0.1) is 5.56 Å². The molecule has 0 saturated carbocycles. The number of nitrogens with one attached hydrogen (secondary N) is 2. The number of carboxylic acids is 1. The summed E-state index contributed by atoms with van der Waals surface area (Å²) < 4.78 is 12.9. The largest absolute Gasteiger partial charge is 0.478 e. The lowest BCUT2D eigenvalue weighted by molar-refractivity contribution is 0.0697. The van der Waals surface area contributed by atoms with Crippen LogP contribution < -0.4 is 10.6 Å². The number of carboxylic acid groups (broad SMARTS) is 1. The van der Waals surface area contributed by atoms with Crippen LogP contribution in [0.1, 0.15) is 10.4 Å². The van der Waals surface area contributed by atoms with E-state index in [-0.39, 0.29) is 11.4 Å². The smallest absolute Gasteiger partial charge is 0.335 e. The summed E-state index contributed by atoms with van der Waals surface area (Å²) >= 11 is 0. The summed E-state index contributed by atoms with van der Waals surface area (Å²) in [6.07, 6.45) is 1.39. The molecule has 0 fully saturated rings. The molecule has 120 valence electrons. The van der Waals surface area contributed by atoms with Crippen molar-refractivity contribution in [1.82, 2.24) is 9.97 Å². The first kappa shape index (κ1) is 15.4. The highest BCUT2D eigenvalue weighted by Crippen LogP contribution is 2.19. The third-order valence-corrected chi connectivity index (χ3v) is 3.19. The van der Waals surface area contributed by atoms with Gasteiger partial charge in [0.25, 0.3) is 0 Å². The van der Waals surface area contributed by atoms with Crippen LogP contribution in [-0.2, 0) is 0 Å². The van der Waals surface area contributed by atoms with E-state index in [2.05, 4.69) is 20.6 Å². The standard InChI is InChI=1S/C17H13FN4O2/c18-12-3-7-14(8-4-12)22-16-9-15(19-10-20-16)21-13-5-1-11(2-6-13)17(23)24/h1-10H,(H,23,24)(H2,19,20,21,22). The number of aromatic nitrogens is 2. The minimum atomic E-state index is -0.977. The number of benzene rings is 2. The van der Waals surface area contributed by atoms with Crippen LogP contribution >= 0.6 is 0 Å². The highest BCUT2D eigenvalue weighted by atomic mass is 19.1. The van der Waals surface area contributed by atoms with Gasteiger partial charge in [0, 0.05) is 17.4 Å². The molecule has 24 heavy (non-hydrogen) atoms. The van der Waals surface area contributed by atoms with E-state index in [0.717, 1.165) is 0 Å². The number of halogens is 1. The Morgan fingerprint density at radius 2 is 1.38 bits per heavy atom. The van der Waals surface area contributed by atoms with E-state index in [9.17, 15) is 9.18 Å². The first-order valence-corrected chi connectivity index (χ1v) is 7.05. The molecule has 7 heteroatoms. The molecule has 0 spiro atoms. The van der Waals surface area contributed by atoms with E-state index in [1.54, 1.807) is 30.3 Å². The third-order valence-electron chi connectivity index (χ3n) is 3.19. The Balaban J connectivity index is 1.72. The highest BCUT2D eigenvalue weighted by Gasteiger charge is 2.04. The number of aromatic carboxylic acids is 1. The summed E-state index contributed by atoms with van der Waals surface area (Å²) in [4.78, 5) is 19.0. The van der Waals surface area contributed by atoms with Gasteiger partial charge in [-0.25, -0.2) is 19.2 Å². The summed E-state index contributed by atoms with van der Waals surface area (Å²) in [5.74, 6) is -0.205. The van der Waals surface area contributed by atoms with Crippen LogP contribution in [0.4, 0.5) is 27.4 Å². The fourth-order valence-electron chi connectivity index (χ4n) is 2.02. The molecule has 3 rings (SSSR count). The van der Waals surface area contributed by atoms with Gasteiger partial charge < -0.3 is 15.7 Å². The van der Waals surface area contributed by atoms with Gasteiger partial charge in [-0.15, -0.1) is 0 Å². The SMILES string of the molecule is O=C(O)c1ccc(Nc2cc(Nc3ccc(F)cc3)ncn2)cc1. The fourth-order valence-corrected chi connectivity index (χ4v) is 2.02. The van der Waals surface area contributed by atoms with E-state index < -0.39 is 5.97 Å². The van der Waals surface area contributed by atoms with Gasteiger partial charge in [0.15, 0.2) is 0 Å². The molecular formula is C17H13FN4O2. The van der Waals surface area contributed by atoms with Crippen molar-refractivity contribution >= 4 is 29.0 Å². The van der Waals surface area contributed by atoms with E-state index in [1.807, 2.05) is 0 Å². The summed E-state index contributed by atoms with van der Waals surface area (Å²) in [7, 11) is 0. The minimum Gasteiger partial charge on any atom is -0.478 e. The van der Waals surface area contributed by atoms with Gasteiger partial charge in [-0.2, -0.15) is 0 Å². The minimum absolute atomic E-state index is 0.210. The molecule has 3 aromatic rings. The Morgan fingerprint density at radius 3 is 1.88 bits per heavy atom. The lowest BCUT2D eigenvalue weighted by Crippen LogP contribution is -1.99. The van der Waals surface area contributed by atoms with Crippen LogP contribution in [0.25, 0.3) is 0 Å². The van der Waals surface area contributed by atoms with Crippen molar-refractivity contribution in [3.8, 4) is 0 Å². The second kappa shape index (κ2) is 6.74. The number of rotatable bonds is 5. The van der Waals surface area contributed by atoms with Crippen molar-refractivity contribution in [2.24, 2.45) is 0 Å². The molecule has 0 aliphatic carbocycles. The summed E-state index contributed by atoms with van der Waals surface area (Å²) in [5, 5.41) is 15.0. The molecule has 0 aliphatic rings. The molecule has 0 amide bonds. The van der Waals surface area contributed by atoms with E-state index in [0.29, 0.717) is 23.0 Å². The van der Waals surface area contributed by atoms with Crippen LogP contribution in [0.2, 0.25) is 0 Å². The van der Waals surface area contributed by atoms with Crippen LogP contribution in [0, 0.1) is 5.82 Å². The first-order valence-electron chi connectivity index (χ1n) is 7.05. The molecule has 0 unspecified atom stereocenters. The molecule has 1 heterocycles. The predicted molar refractivity (Wildman–Crippen MR) is 88.4 cm³/mol. The average Bonchev–Trinajstić information content (AvgIpc) is 2.58. The Morgan fingerprint density at radius 1 is 0.875 bits per heavy atom. The van der Waals surface area contributed by atoms with Crippen molar-refractivity contribution in [2.75, 3.05) is 10.6 Å². The Hall–Kier alpha value is -3.48. The van der Waals surface area contributed by atoms with Crippen molar-refractivity contribution in [2.45, 2.75) is 0 Å². The lowest BCUT2D eigenvalue weighted by Gasteiger charge is -2.09. The second-order valence-electron chi connectivity index (χ2n) is 4.93. The number of nitrogens with zero attached hydrogens (tertiary/aromatic N) is 2. The zero-order valence-electron chi connectivity index (χ0n) is 12.4. The first-order chi connectivity index (χ1) is 11.6. The molecular weight excluding hydrogens is 311 g/mol. The van der Waals surface area contributed by atoms with E-state index >= 15 is 0 Å². The molecule has 1 aromatic heterocycles. The maximum atomic E-state index is 12.9. The van der Waals surface area contributed by atoms with Gasteiger partial charge >= 0.3 is 5.97 Å². The van der Waals surface area contributed by atoms with Gasteiger partial charge in [-0.05, 0) is 48.5 Å². The van der Waals surface area contributed by atoms with Gasteiger partial charge in [0.1, 0.15) is 23.8 Å². The molecule has 0 bridgehead atoms. The highest BCUT2D eigenvalue weighted by molar-refractivity contribution is 5.88. The fraction of sp³-hybridized carbons (Fsp3) is 0. The lowest BCUT2D eigenvalue weighted by atomic mass is 10.2. The van der Waals surface area contributed by atoms with E-state index in [1.165, 1.54) is 30.6 Å². The Labute approximate surface area is 137 Å². The quantitative estimate of drug-likeness (QED) is 0.662. The van der Waals surface area contributed by atoms with Crippen LogP contribution in [0.3, 0.4) is 0 Å². The van der Waals surface area contributed by atoms with Crippen molar-refractivity contribution < 1.29 is 14.3 Å². The zero-order valence-corrected chi connectivity index (χ0v) is 12.4. The third kappa shape index (κ3) is 3.83. The number of carbonyl (C=O) groups is 1. The monoisotopic (exact) mass is 324 g/mol. The molecule has 0 atom stereocenters.